The molecule has 2 saturated carbocycles. The van der Waals surface area contributed by atoms with Crippen molar-refractivity contribution in [2.75, 3.05) is 19.8 Å². The van der Waals surface area contributed by atoms with Crippen molar-refractivity contribution in [3.63, 3.8) is 0 Å². The summed E-state index contributed by atoms with van der Waals surface area (Å²) in [5.74, 6) is 2.51. The summed E-state index contributed by atoms with van der Waals surface area (Å²) in [5.41, 5.74) is 4.70. The van der Waals surface area contributed by atoms with E-state index in [0.29, 0.717) is 44.2 Å². The average Bonchev–Trinajstić information content (AvgIpc) is 3.87. The van der Waals surface area contributed by atoms with Crippen LogP contribution in [0.15, 0.2) is 64.7 Å². The predicted octanol–water partition coefficient (Wildman–Crippen LogP) is 11.4. The van der Waals surface area contributed by atoms with Crippen molar-refractivity contribution in [1.82, 2.24) is 19.4 Å². The fraction of sp³-hybridized carbons (Fsp3) is 0.596. The molecule has 2 saturated heterocycles. The molecule has 12 nitrogen and oxygen atoms in total. The van der Waals surface area contributed by atoms with Gasteiger partial charge < -0.3 is 23.5 Å². The molecule has 3 aliphatic heterocycles. The fourth-order valence-electron chi connectivity index (χ4n) is 9.31. The van der Waals surface area contributed by atoms with E-state index in [-0.39, 0.29) is 42.4 Å². The van der Waals surface area contributed by atoms with Crippen LogP contribution in [0.4, 0.5) is 9.59 Å². The summed E-state index contributed by atoms with van der Waals surface area (Å²) in [5, 5.41) is 0. The highest BCUT2D eigenvalue weighted by Gasteiger charge is 2.58. The smallest absolute Gasteiger partial charge is 0.411 e. The van der Waals surface area contributed by atoms with Crippen molar-refractivity contribution < 1.29 is 28.5 Å². The van der Waals surface area contributed by atoms with Crippen molar-refractivity contribution in [2.45, 2.75) is 167 Å². The second kappa shape index (κ2) is 18.6. The second-order valence-electron chi connectivity index (χ2n) is 23.7. The number of amidine groups is 1. The van der Waals surface area contributed by atoms with E-state index in [1.807, 2.05) is 51.3 Å². The van der Waals surface area contributed by atoms with Crippen LogP contribution >= 0.6 is 0 Å². The van der Waals surface area contributed by atoms with Gasteiger partial charge in [0.1, 0.15) is 29.8 Å². The van der Waals surface area contributed by atoms with Gasteiger partial charge in [0, 0.05) is 58.8 Å². The van der Waals surface area contributed by atoms with Gasteiger partial charge in [-0.2, -0.15) is 0 Å². The van der Waals surface area contributed by atoms with Gasteiger partial charge in [0.2, 0.25) is 0 Å². The Morgan fingerprint density at radius 2 is 1.18 bits per heavy atom. The monoisotopic (exact) mass is 935 g/mol. The first-order chi connectivity index (χ1) is 31.0. The predicted molar refractivity (Wildman–Crippen MR) is 270 cm³/mol. The van der Waals surface area contributed by atoms with Gasteiger partial charge in [-0.05, 0) is 102 Å². The molecule has 4 heterocycles. The Kier molecular flexibility index (Phi) is 13.6. The Hall–Kier alpha value is -4.38. The SMILES string of the molecule is CC(C)(C)OC(=O)N1[C@@H]2C[C@@H]2C[C@H]1C1=NC(c2ccc(/C=C/c3ccc(-c4cn(COCC[Si](C)(C)C)c([C@@H]5C[C@H]6C[C@H]6N5C(=O)OC(C)(C)C)n4)cc3)cc2)=NC1COCC[Si](C)(C)C. The van der Waals surface area contributed by atoms with Crippen LogP contribution in [-0.2, 0) is 25.7 Å². The molecule has 7 atom stereocenters. The van der Waals surface area contributed by atoms with E-state index in [0.717, 1.165) is 77.3 Å². The summed E-state index contributed by atoms with van der Waals surface area (Å²) in [6.07, 6.45) is 9.59. The largest absolute Gasteiger partial charge is 0.444 e. The number of hydrogen-bond donors (Lipinski definition) is 0. The molecular formula is C52H74N6O6Si2. The number of nitrogens with zero attached hydrogens (tertiary/aromatic N) is 6. The molecule has 0 bridgehead atoms. The summed E-state index contributed by atoms with van der Waals surface area (Å²) in [6, 6.07) is 18.8. The normalized spacial score (nSPS) is 24.9. The summed E-state index contributed by atoms with van der Waals surface area (Å²) < 4.78 is 26.4. The molecule has 8 rings (SSSR count). The minimum absolute atomic E-state index is 0.146. The maximum atomic E-state index is 13.5. The van der Waals surface area contributed by atoms with Gasteiger partial charge in [-0.3, -0.25) is 14.8 Å². The Labute approximate surface area is 395 Å². The molecule has 4 fully saturated rings. The number of piperidine rings is 2. The Bertz CT molecular complexity index is 2330. The van der Waals surface area contributed by atoms with Crippen molar-refractivity contribution in [3.05, 3.63) is 77.2 Å². The van der Waals surface area contributed by atoms with E-state index in [1.54, 1.807) is 0 Å². The second-order valence-corrected chi connectivity index (χ2v) is 34.9. The quantitative estimate of drug-likeness (QED) is 0.0797. The molecule has 2 amide bonds. The number of carbonyl (C=O) groups is 2. The number of fused-ring (bicyclic) bond motifs is 2. The molecule has 0 spiro atoms. The first-order valence-corrected chi connectivity index (χ1v) is 31.7. The highest BCUT2D eigenvalue weighted by Crippen LogP contribution is 2.54. The van der Waals surface area contributed by atoms with Crippen LogP contribution in [0.5, 0.6) is 0 Å². The van der Waals surface area contributed by atoms with Crippen LogP contribution in [0.3, 0.4) is 0 Å². The van der Waals surface area contributed by atoms with E-state index in [2.05, 4.69) is 111 Å². The molecule has 2 aliphatic carbocycles. The van der Waals surface area contributed by atoms with Crippen molar-refractivity contribution in [2.24, 2.45) is 21.8 Å². The maximum absolute atomic E-state index is 13.5. The van der Waals surface area contributed by atoms with Crippen LogP contribution in [0.25, 0.3) is 23.4 Å². The third-order valence-corrected chi connectivity index (χ3v) is 16.5. The average molecular weight is 935 g/mol. The van der Waals surface area contributed by atoms with Gasteiger partial charge in [-0.15, -0.1) is 0 Å². The van der Waals surface area contributed by atoms with Gasteiger partial charge in [0.25, 0.3) is 0 Å². The number of rotatable bonds is 16. The Balaban J connectivity index is 0.961. The number of likely N-dealkylation sites (tertiary alicyclic amines) is 2. The van der Waals surface area contributed by atoms with Crippen LogP contribution in [-0.4, -0.2) is 114 Å². The number of aliphatic imine (C=N–C) groups is 2. The fourth-order valence-corrected chi connectivity index (χ4v) is 10.8. The maximum Gasteiger partial charge on any atom is 0.411 e. The molecule has 0 radical (unpaired) electrons. The number of amides is 2. The lowest BCUT2D eigenvalue weighted by molar-refractivity contribution is 0.0157. The third kappa shape index (κ3) is 12.0. The minimum Gasteiger partial charge on any atom is -0.444 e. The zero-order valence-electron chi connectivity index (χ0n) is 41.6. The summed E-state index contributed by atoms with van der Waals surface area (Å²) in [4.78, 5) is 46.4. The van der Waals surface area contributed by atoms with E-state index in [9.17, 15) is 9.59 Å². The number of imidazole rings is 1. The Morgan fingerprint density at radius 1 is 0.682 bits per heavy atom. The first-order valence-electron chi connectivity index (χ1n) is 24.3. The van der Waals surface area contributed by atoms with Gasteiger partial charge in [0.15, 0.2) is 5.84 Å². The number of hydrogen-bond acceptors (Lipinski definition) is 9. The Morgan fingerprint density at radius 3 is 1.71 bits per heavy atom. The lowest BCUT2D eigenvalue weighted by atomic mass is 10.0. The zero-order chi connectivity index (χ0) is 47.3. The number of carbonyl (C=O) groups excluding carboxylic acids is 2. The molecule has 5 aliphatic rings. The van der Waals surface area contributed by atoms with Crippen LogP contribution < -0.4 is 0 Å². The summed E-state index contributed by atoms with van der Waals surface area (Å²) in [6.45, 7) is 27.9. The van der Waals surface area contributed by atoms with Gasteiger partial charge >= 0.3 is 12.2 Å². The lowest BCUT2D eigenvalue weighted by Crippen LogP contribution is -2.48. The molecule has 1 aromatic heterocycles. The van der Waals surface area contributed by atoms with Gasteiger partial charge in [-0.1, -0.05) is 100.0 Å². The molecule has 356 valence electrons. The number of ether oxygens (including phenoxy) is 4. The van der Waals surface area contributed by atoms with E-state index < -0.39 is 27.3 Å². The molecule has 1 unspecified atom stereocenters. The first kappa shape index (κ1) is 48.1. The lowest BCUT2D eigenvalue weighted by Gasteiger charge is -2.31. The highest BCUT2D eigenvalue weighted by molar-refractivity contribution is 6.76. The summed E-state index contributed by atoms with van der Waals surface area (Å²) in [7, 11) is -2.51. The van der Waals surface area contributed by atoms with Gasteiger partial charge in [0.05, 0.1) is 30.1 Å². The van der Waals surface area contributed by atoms with E-state index in [1.165, 1.54) is 0 Å². The van der Waals surface area contributed by atoms with Gasteiger partial charge in [-0.25, -0.2) is 19.6 Å². The highest BCUT2D eigenvalue weighted by atomic mass is 28.3. The zero-order valence-corrected chi connectivity index (χ0v) is 43.6. The molecule has 2 aromatic carbocycles. The topological polar surface area (TPSA) is 120 Å². The van der Waals surface area contributed by atoms with Crippen LogP contribution in [0.1, 0.15) is 95.8 Å². The number of aromatic nitrogens is 2. The van der Waals surface area contributed by atoms with Crippen molar-refractivity contribution in [1.29, 1.82) is 0 Å². The molecule has 0 N–H and O–H groups in total. The molecule has 3 aromatic rings. The van der Waals surface area contributed by atoms with Crippen molar-refractivity contribution >= 4 is 52.0 Å². The third-order valence-electron chi connectivity index (χ3n) is 13.1. The standard InChI is InChI=1S/C52H74N6O6Si2/c1-51(2,3)63-49(59)57-42-27-38(42)29-44(57)46-41(32-61-23-25-65(7,8)9)53-47(55-46)37-21-17-35(18-22-37)14-13-34-15-19-36(20-16-34)40-31-56(33-62-24-26-66(10,11)12)48(54-40)45-30-39-28-43(39)58(45)50(60)64-52(4,5)6/h13-22,31,38-39,41-45H,23-30,32-33H2,1-12H3/b14-13+/t38-,39-,41?,42-,43-,44+,45+/m1/s1. The summed E-state index contributed by atoms with van der Waals surface area (Å²) >= 11 is 0. The van der Waals surface area contributed by atoms with Crippen LogP contribution in [0.2, 0.25) is 51.4 Å². The molecule has 14 heteroatoms. The van der Waals surface area contributed by atoms with Crippen molar-refractivity contribution in [3.8, 4) is 11.3 Å². The minimum atomic E-state index is -1.26. The molecular weight excluding hydrogens is 861 g/mol. The van der Waals surface area contributed by atoms with Crippen LogP contribution in [0, 0.1) is 11.8 Å². The molecule has 66 heavy (non-hydrogen) atoms. The van der Waals surface area contributed by atoms with E-state index in [4.69, 9.17) is 33.9 Å². The van der Waals surface area contributed by atoms with E-state index >= 15 is 0 Å². The number of benzene rings is 2.